The van der Waals surface area contributed by atoms with Crippen LogP contribution in [0.1, 0.15) is 17.4 Å². The van der Waals surface area contributed by atoms with Crippen LogP contribution >= 0.6 is 0 Å². The van der Waals surface area contributed by atoms with Crippen molar-refractivity contribution in [1.29, 1.82) is 0 Å². The fourth-order valence-electron chi connectivity index (χ4n) is 2.25. The molecular formula is C13H12N4O. The number of nitrogens with zero attached hydrogens (tertiary/aromatic N) is 3. The summed E-state index contributed by atoms with van der Waals surface area (Å²) in [5.74, 6) is 0.360. The van der Waals surface area contributed by atoms with Crippen molar-refractivity contribution in [1.82, 2.24) is 14.8 Å². The van der Waals surface area contributed by atoms with Crippen LogP contribution in [0.15, 0.2) is 24.3 Å². The van der Waals surface area contributed by atoms with E-state index in [0.29, 0.717) is 23.6 Å². The van der Waals surface area contributed by atoms with Crippen LogP contribution < -0.4 is 5.73 Å². The van der Waals surface area contributed by atoms with Gasteiger partial charge in [-0.2, -0.15) is 5.10 Å². The lowest BCUT2D eigenvalue weighted by atomic mass is 10.1. The molecule has 0 atom stereocenters. The molecule has 18 heavy (non-hydrogen) atoms. The summed E-state index contributed by atoms with van der Waals surface area (Å²) in [6, 6.07) is 7.62. The molecule has 1 aromatic carbocycles. The second-order valence-corrected chi connectivity index (χ2v) is 4.06. The lowest BCUT2D eigenvalue weighted by Gasteiger charge is -2.01. The molecule has 2 N–H and O–H groups in total. The molecule has 0 fully saturated rings. The first-order valence-corrected chi connectivity index (χ1v) is 5.76. The van der Waals surface area contributed by atoms with E-state index >= 15 is 0 Å². The van der Waals surface area contributed by atoms with E-state index in [1.54, 1.807) is 4.68 Å². The second-order valence-electron chi connectivity index (χ2n) is 4.06. The van der Waals surface area contributed by atoms with Gasteiger partial charge in [-0.1, -0.05) is 18.2 Å². The molecule has 0 aliphatic heterocycles. The third-order valence-corrected chi connectivity index (χ3v) is 3.06. The van der Waals surface area contributed by atoms with Gasteiger partial charge in [-0.25, -0.2) is 4.98 Å². The molecule has 2 heterocycles. The smallest absolute Gasteiger partial charge is 0.168 e. The summed E-state index contributed by atoms with van der Waals surface area (Å²) in [6.45, 7) is 2.56. The van der Waals surface area contributed by atoms with E-state index in [9.17, 15) is 4.79 Å². The number of fused-ring (bicyclic) bond motifs is 3. The summed E-state index contributed by atoms with van der Waals surface area (Å²) in [7, 11) is 0. The molecule has 0 spiro atoms. The van der Waals surface area contributed by atoms with Gasteiger partial charge in [0, 0.05) is 17.3 Å². The maximum atomic E-state index is 11.3. The zero-order valence-corrected chi connectivity index (χ0v) is 9.92. The SMILES string of the molecule is CCn1nc2c(N)nc3ccccc3c2c1C=O. The highest BCUT2D eigenvalue weighted by Gasteiger charge is 2.16. The number of carbonyl (C=O) groups is 1. The van der Waals surface area contributed by atoms with Gasteiger partial charge in [-0.15, -0.1) is 0 Å². The van der Waals surface area contributed by atoms with Gasteiger partial charge >= 0.3 is 0 Å². The molecule has 2 aromatic heterocycles. The fourth-order valence-corrected chi connectivity index (χ4v) is 2.25. The minimum atomic E-state index is 0.360. The number of hydrogen-bond acceptors (Lipinski definition) is 4. The summed E-state index contributed by atoms with van der Waals surface area (Å²) in [6.07, 6.45) is 0.824. The Bertz CT molecular complexity index is 760. The van der Waals surface area contributed by atoms with Gasteiger partial charge in [0.2, 0.25) is 0 Å². The van der Waals surface area contributed by atoms with Crippen molar-refractivity contribution in [2.45, 2.75) is 13.5 Å². The molecule has 0 aliphatic carbocycles. The summed E-state index contributed by atoms with van der Waals surface area (Å²) in [4.78, 5) is 15.6. The number of nitrogens with two attached hydrogens (primary N) is 1. The number of nitrogen functional groups attached to an aromatic ring is 1. The molecule has 5 heteroatoms. The van der Waals surface area contributed by atoms with E-state index in [2.05, 4.69) is 10.1 Å². The maximum Gasteiger partial charge on any atom is 0.168 e. The number of aldehydes is 1. The number of anilines is 1. The third kappa shape index (κ3) is 1.30. The van der Waals surface area contributed by atoms with Gasteiger partial charge in [0.05, 0.1) is 5.52 Å². The van der Waals surface area contributed by atoms with Crippen LogP contribution in [0, 0.1) is 0 Å². The number of hydrogen-bond donors (Lipinski definition) is 1. The Hall–Kier alpha value is -2.43. The summed E-state index contributed by atoms with van der Waals surface area (Å²) in [5, 5.41) is 6.04. The summed E-state index contributed by atoms with van der Waals surface area (Å²) < 4.78 is 1.65. The van der Waals surface area contributed by atoms with Crippen molar-refractivity contribution in [3.05, 3.63) is 30.0 Å². The molecule has 0 saturated carbocycles. The lowest BCUT2D eigenvalue weighted by molar-refractivity contribution is 0.111. The monoisotopic (exact) mass is 240 g/mol. The Morgan fingerprint density at radius 1 is 1.39 bits per heavy atom. The Kier molecular flexibility index (Phi) is 2.26. The molecule has 0 radical (unpaired) electrons. The minimum absolute atomic E-state index is 0.360. The minimum Gasteiger partial charge on any atom is -0.382 e. The van der Waals surface area contributed by atoms with Crippen LogP contribution in [0.4, 0.5) is 5.82 Å². The van der Waals surface area contributed by atoms with Crippen LogP contribution in [0.3, 0.4) is 0 Å². The van der Waals surface area contributed by atoms with Crippen molar-refractivity contribution in [3.8, 4) is 0 Å². The number of pyridine rings is 1. The van der Waals surface area contributed by atoms with Crippen LogP contribution in [-0.4, -0.2) is 21.1 Å². The van der Waals surface area contributed by atoms with Crippen molar-refractivity contribution >= 4 is 33.9 Å². The molecule has 3 aromatic rings. The van der Waals surface area contributed by atoms with E-state index < -0.39 is 0 Å². The normalized spacial score (nSPS) is 11.2. The van der Waals surface area contributed by atoms with Gasteiger partial charge in [0.25, 0.3) is 0 Å². The largest absolute Gasteiger partial charge is 0.382 e. The van der Waals surface area contributed by atoms with Crippen molar-refractivity contribution in [2.24, 2.45) is 0 Å². The van der Waals surface area contributed by atoms with Crippen LogP contribution in [-0.2, 0) is 6.54 Å². The molecule has 0 bridgehead atoms. The van der Waals surface area contributed by atoms with Gasteiger partial charge in [0.15, 0.2) is 12.1 Å². The number of rotatable bonds is 2. The first-order valence-electron chi connectivity index (χ1n) is 5.76. The zero-order valence-electron chi connectivity index (χ0n) is 9.92. The molecule has 0 saturated heterocycles. The highest BCUT2D eigenvalue weighted by Crippen LogP contribution is 2.29. The third-order valence-electron chi connectivity index (χ3n) is 3.06. The van der Waals surface area contributed by atoms with Crippen molar-refractivity contribution in [2.75, 3.05) is 5.73 Å². The van der Waals surface area contributed by atoms with Gasteiger partial charge in [-0.3, -0.25) is 9.48 Å². The topological polar surface area (TPSA) is 73.8 Å². The highest BCUT2D eigenvalue weighted by atomic mass is 16.1. The molecule has 0 unspecified atom stereocenters. The molecule has 0 aliphatic rings. The Labute approximate surface area is 103 Å². The quantitative estimate of drug-likeness (QED) is 0.695. The Morgan fingerprint density at radius 2 is 2.17 bits per heavy atom. The highest BCUT2D eigenvalue weighted by molar-refractivity contribution is 6.14. The summed E-state index contributed by atoms with van der Waals surface area (Å²) in [5.41, 5.74) is 7.84. The maximum absolute atomic E-state index is 11.3. The molecule has 3 rings (SSSR count). The fraction of sp³-hybridized carbons (Fsp3) is 0.154. The lowest BCUT2D eigenvalue weighted by Crippen LogP contribution is -2.01. The van der Waals surface area contributed by atoms with Crippen LogP contribution in [0.2, 0.25) is 0 Å². The number of benzene rings is 1. The van der Waals surface area contributed by atoms with E-state index in [4.69, 9.17) is 5.73 Å². The van der Waals surface area contributed by atoms with Gasteiger partial charge < -0.3 is 5.73 Å². The molecule has 0 amide bonds. The van der Waals surface area contributed by atoms with E-state index in [0.717, 1.165) is 22.6 Å². The van der Waals surface area contributed by atoms with Gasteiger partial charge in [-0.05, 0) is 13.0 Å². The standard InChI is InChI=1S/C13H12N4O/c1-2-17-10(7-18)11-8-5-3-4-6-9(8)15-13(14)12(11)16-17/h3-7H,2H2,1H3,(H2,14,15). The predicted octanol–water partition coefficient (Wildman–Crippen LogP) is 2.00. The zero-order chi connectivity index (χ0) is 12.7. The average Bonchev–Trinajstić information content (AvgIpc) is 2.78. The van der Waals surface area contributed by atoms with E-state index in [1.165, 1.54) is 0 Å². The number of carbonyl (C=O) groups excluding carboxylic acids is 1. The van der Waals surface area contributed by atoms with Crippen LogP contribution in [0.25, 0.3) is 21.8 Å². The van der Waals surface area contributed by atoms with Crippen molar-refractivity contribution in [3.63, 3.8) is 0 Å². The van der Waals surface area contributed by atoms with E-state index in [1.807, 2.05) is 31.2 Å². The van der Waals surface area contributed by atoms with Gasteiger partial charge in [0.1, 0.15) is 11.2 Å². The van der Waals surface area contributed by atoms with E-state index in [-0.39, 0.29) is 0 Å². The first kappa shape index (κ1) is 10.7. The number of aryl methyl sites for hydroxylation is 1. The first-order chi connectivity index (χ1) is 8.76. The number of aromatic nitrogens is 3. The van der Waals surface area contributed by atoms with Crippen molar-refractivity contribution < 1.29 is 4.79 Å². The van der Waals surface area contributed by atoms with Crippen LogP contribution in [0.5, 0.6) is 0 Å². The second kappa shape index (κ2) is 3.80. The Balaban J connectivity index is 2.60. The molecule has 90 valence electrons. The Morgan fingerprint density at radius 3 is 2.89 bits per heavy atom. The average molecular weight is 240 g/mol. The predicted molar refractivity (Wildman–Crippen MR) is 70.5 cm³/mol. The molecular weight excluding hydrogens is 228 g/mol. The summed E-state index contributed by atoms with van der Waals surface area (Å²) >= 11 is 0. The number of para-hydroxylation sites is 1. The molecule has 5 nitrogen and oxygen atoms in total.